The fraction of sp³-hybridized carbons (Fsp3) is 0.533. The van der Waals surface area contributed by atoms with Crippen LogP contribution in [0, 0.1) is 30.1 Å². The molecule has 92 valence electrons. The standard InChI is InChI=1S/C15H21NO/c1-4-5-6-7-8-9-10-11-12-15(17)16-13-14(2)3/h1,11-12,14H,7-10,13H2,2-3H3,(H,16,17)/b12-11+. The summed E-state index contributed by atoms with van der Waals surface area (Å²) < 4.78 is 0. The molecule has 0 aromatic rings. The van der Waals surface area contributed by atoms with Gasteiger partial charge < -0.3 is 5.32 Å². The Morgan fingerprint density at radius 2 is 2.18 bits per heavy atom. The molecule has 0 spiro atoms. The molecule has 0 aliphatic carbocycles. The molecule has 0 unspecified atom stereocenters. The number of hydrogen-bond acceptors (Lipinski definition) is 1. The predicted octanol–water partition coefficient (Wildman–Crippen LogP) is 2.51. The van der Waals surface area contributed by atoms with Crippen molar-refractivity contribution in [2.24, 2.45) is 5.92 Å². The van der Waals surface area contributed by atoms with Crippen LogP contribution in [0.25, 0.3) is 0 Å². The molecular formula is C15H21NO. The summed E-state index contributed by atoms with van der Waals surface area (Å²) in [5, 5.41) is 2.83. The molecular weight excluding hydrogens is 210 g/mol. The molecule has 0 aliphatic rings. The van der Waals surface area contributed by atoms with Crippen LogP contribution < -0.4 is 5.32 Å². The van der Waals surface area contributed by atoms with Crippen LogP contribution in [-0.4, -0.2) is 12.5 Å². The van der Waals surface area contributed by atoms with Gasteiger partial charge in [0.1, 0.15) is 0 Å². The van der Waals surface area contributed by atoms with Crippen molar-refractivity contribution in [3.05, 3.63) is 12.2 Å². The second-order valence-electron chi connectivity index (χ2n) is 4.23. The maximum Gasteiger partial charge on any atom is 0.243 e. The van der Waals surface area contributed by atoms with Crippen molar-refractivity contribution in [3.8, 4) is 24.2 Å². The lowest BCUT2D eigenvalue weighted by molar-refractivity contribution is -0.116. The molecule has 2 heteroatoms. The molecule has 0 saturated heterocycles. The summed E-state index contributed by atoms with van der Waals surface area (Å²) in [7, 11) is 0. The van der Waals surface area contributed by atoms with Crippen LogP contribution in [0.15, 0.2) is 12.2 Å². The Labute approximate surface area is 105 Å². The van der Waals surface area contributed by atoms with E-state index in [9.17, 15) is 4.79 Å². The monoisotopic (exact) mass is 231 g/mol. The minimum Gasteiger partial charge on any atom is -0.352 e. The second kappa shape index (κ2) is 10.8. The van der Waals surface area contributed by atoms with Gasteiger partial charge in [-0.05, 0) is 43.1 Å². The summed E-state index contributed by atoms with van der Waals surface area (Å²) in [5.41, 5.74) is 0. The zero-order valence-electron chi connectivity index (χ0n) is 10.8. The van der Waals surface area contributed by atoms with Gasteiger partial charge in [0.25, 0.3) is 0 Å². The summed E-state index contributed by atoms with van der Waals surface area (Å²) in [5.74, 6) is 8.22. The van der Waals surface area contributed by atoms with E-state index in [2.05, 4.69) is 36.9 Å². The van der Waals surface area contributed by atoms with Crippen LogP contribution in [0.1, 0.15) is 39.5 Å². The van der Waals surface area contributed by atoms with Crippen LogP contribution in [0.2, 0.25) is 0 Å². The van der Waals surface area contributed by atoms with Crippen molar-refractivity contribution in [2.45, 2.75) is 39.5 Å². The van der Waals surface area contributed by atoms with Gasteiger partial charge in [-0.15, -0.1) is 6.42 Å². The molecule has 0 atom stereocenters. The van der Waals surface area contributed by atoms with Crippen LogP contribution in [-0.2, 0) is 4.79 Å². The van der Waals surface area contributed by atoms with Crippen molar-refractivity contribution in [3.63, 3.8) is 0 Å². The molecule has 0 saturated carbocycles. The number of nitrogens with one attached hydrogen (secondary N) is 1. The fourth-order valence-electron chi connectivity index (χ4n) is 1.14. The van der Waals surface area contributed by atoms with E-state index >= 15 is 0 Å². The number of carbonyl (C=O) groups excluding carboxylic acids is 1. The summed E-state index contributed by atoms with van der Waals surface area (Å²) in [6.07, 6.45) is 12.3. The van der Waals surface area contributed by atoms with E-state index in [1.165, 1.54) is 0 Å². The van der Waals surface area contributed by atoms with E-state index in [0.29, 0.717) is 5.92 Å². The Kier molecular flexibility index (Phi) is 9.77. The van der Waals surface area contributed by atoms with Gasteiger partial charge in [-0.3, -0.25) is 4.79 Å². The van der Waals surface area contributed by atoms with E-state index in [1.807, 2.05) is 6.08 Å². The van der Waals surface area contributed by atoms with Crippen molar-refractivity contribution in [2.75, 3.05) is 6.54 Å². The molecule has 0 aromatic carbocycles. The first kappa shape index (κ1) is 15.3. The van der Waals surface area contributed by atoms with Crippen molar-refractivity contribution >= 4 is 5.91 Å². The van der Waals surface area contributed by atoms with E-state index in [4.69, 9.17) is 6.42 Å². The van der Waals surface area contributed by atoms with Gasteiger partial charge in [-0.1, -0.05) is 25.8 Å². The maximum atomic E-state index is 11.3. The highest BCUT2D eigenvalue weighted by Crippen LogP contribution is 1.99. The predicted molar refractivity (Wildman–Crippen MR) is 72.1 cm³/mol. The largest absolute Gasteiger partial charge is 0.352 e. The molecule has 0 fully saturated rings. The Bertz CT molecular complexity index is 336. The van der Waals surface area contributed by atoms with E-state index in [0.717, 1.165) is 32.2 Å². The van der Waals surface area contributed by atoms with Gasteiger partial charge in [0, 0.05) is 13.0 Å². The number of amides is 1. The molecule has 0 heterocycles. The Morgan fingerprint density at radius 3 is 2.82 bits per heavy atom. The van der Waals surface area contributed by atoms with Gasteiger partial charge in [-0.2, -0.15) is 0 Å². The topological polar surface area (TPSA) is 29.1 Å². The smallest absolute Gasteiger partial charge is 0.243 e. The molecule has 17 heavy (non-hydrogen) atoms. The molecule has 0 radical (unpaired) electrons. The fourth-order valence-corrected chi connectivity index (χ4v) is 1.14. The SMILES string of the molecule is C#CC#CCCCC/C=C/C(=O)NCC(C)C. The number of terminal acetylenes is 1. The van der Waals surface area contributed by atoms with E-state index in [1.54, 1.807) is 6.08 Å². The molecule has 1 amide bonds. The highest BCUT2D eigenvalue weighted by atomic mass is 16.1. The highest BCUT2D eigenvalue weighted by Gasteiger charge is 1.96. The lowest BCUT2D eigenvalue weighted by atomic mass is 10.2. The summed E-state index contributed by atoms with van der Waals surface area (Å²) >= 11 is 0. The number of hydrogen-bond donors (Lipinski definition) is 1. The third-order valence-electron chi connectivity index (χ3n) is 2.04. The second-order valence-corrected chi connectivity index (χ2v) is 4.23. The molecule has 1 N–H and O–H groups in total. The number of unbranched alkanes of at least 4 members (excludes halogenated alkanes) is 3. The number of rotatable bonds is 7. The maximum absolute atomic E-state index is 11.3. The van der Waals surface area contributed by atoms with Crippen LogP contribution >= 0.6 is 0 Å². The average molecular weight is 231 g/mol. The Balaban J connectivity index is 3.47. The molecule has 0 aliphatic heterocycles. The number of allylic oxidation sites excluding steroid dienone is 1. The first-order valence-electron chi connectivity index (χ1n) is 6.04. The van der Waals surface area contributed by atoms with Crippen molar-refractivity contribution in [1.82, 2.24) is 5.32 Å². The quantitative estimate of drug-likeness (QED) is 0.407. The minimum absolute atomic E-state index is 0.00850. The van der Waals surface area contributed by atoms with Gasteiger partial charge in [-0.25, -0.2) is 0 Å². The first-order valence-corrected chi connectivity index (χ1v) is 6.04. The van der Waals surface area contributed by atoms with Crippen LogP contribution in [0.3, 0.4) is 0 Å². The van der Waals surface area contributed by atoms with Gasteiger partial charge >= 0.3 is 0 Å². The van der Waals surface area contributed by atoms with Gasteiger partial charge in [0.15, 0.2) is 0 Å². The van der Waals surface area contributed by atoms with Gasteiger partial charge in [0.2, 0.25) is 5.91 Å². The highest BCUT2D eigenvalue weighted by molar-refractivity contribution is 5.87. The third-order valence-corrected chi connectivity index (χ3v) is 2.04. The number of carbonyl (C=O) groups is 1. The average Bonchev–Trinajstić information content (AvgIpc) is 2.30. The Morgan fingerprint density at radius 1 is 1.41 bits per heavy atom. The van der Waals surface area contributed by atoms with Crippen LogP contribution in [0.4, 0.5) is 0 Å². The molecule has 0 rings (SSSR count). The first-order chi connectivity index (χ1) is 8.16. The minimum atomic E-state index is -0.00850. The van der Waals surface area contributed by atoms with E-state index < -0.39 is 0 Å². The third kappa shape index (κ3) is 12.3. The molecule has 0 aromatic heterocycles. The summed E-state index contributed by atoms with van der Waals surface area (Å²) in [6, 6.07) is 0. The summed E-state index contributed by atoms with van der Waals surface area (Å²) in [6.45, 7) is 4.87. The zero-order chi connectivity index (χ0) is 12.9. The normalized spacial score (nSPS) is 9.76. The van der Waals surface area contributed by atoms with E-state index in [-0.39, 0.29) is 5.91 Å². The van der Waals surface area contributed by atoms with Crippen molar-refractivity contribution < 1.29 is 4.79 Å². The summed E-state index contributed by atoms with van der Waals surface area (Å²) in [4.78, 5) is 11.3. The molecule has 0 bridgehead atoms. The van der Waals surface area contributed by atoms with Gasteiger partial charge in [0.05, 0.1) is 0 Å². The Hall–Kier alpha value is -1.67. The lowest BCUT2D eigenvalue weighted by Crippen LogP contribution is -2.25. The zero-order valence-corrected chi connectivity index (χ0v) is 10.8. The lowest BCUT2D eigenvalue weighted by Gasteiger charge is -2.04. The molecule has 2 nitrogen and oxygen atoms in total. The van der Waals surface area contributed by atoms with Crippen LogP contribution in [0.5, 0.6) is 0 Å². The van der Waals surface area contributed by atoms with Crippen molar-refractivity contribution in [1.29, 1.82) is 0 Å².